The number of nitrogens with zero attached hydrogens (tertiary/aromatic N) is 2. The second-order valence-corrected chi connectivity index (χ2v) is 5.40. The summed E-state index contributed by atoms with van der Waals surface area (Å²) in [6, 6.07) is 0. The van der Waals surface area contributed by atoms with Gasteiger partial charge < -0.3 is 10.8 Å². The summed E-state index contributed by atoms with van der Waals surface area (Å²) in [5, 5.41) is 12.9. The van der Waals surface area contributed by atoms with Crippen LogP contribution < -0.4 is 5.73 Å². The van der Waals surface area contributed by atoms with Gasteiger partial charge in [0.15, 0.2) is 0 Å². The molecular weight excluding hydrogens is 226 g/mol. The summed E-state index contributed by atoms with van der Waals surface area (Å²) < 4.78 is 1.60. The van der Waals surface area contributed by atoms with Gasteiger partial charge in [0.25, 0.3) is 0 Å². The van der Waals surface area contributed by atoms with Gasteiger partial charge in [-0.15, -0.1) is 0 Å². The van der Waals surface area contributed by atoms with E-state index in [9.17, 15) is 4.79 Å². The van der Waals surface area contributed by atoms with Crippen molar-refractivity contribution in [1.29, 1.82) is 0 Å². The molecule has 0 aliphatic heterocycles. The standard InChI is InChI=1S/C10H17N3O2S/c1-10(2,11)6-16-5-8-7(9(14)15)4-12-13(8)3/h4H,5-6,11H2,1-3H3,(H,14,15). The van der Waals surface area contributed by atoms with E-state index >= 15 is 0 Å². The topological polar surface area (TPSA) is 81.1 Å². The molecule has 0 amide bonds. The molecular formula is C10H17N3O2S. The predicted molar refractivity (Wildman–Crippen MR) is 64.6 cm³/mol. The third-order valence-electron chi connectivity index (χ3n) is 2.00. The van der Waals surface area contributed by atoms with Gasteiger partial charge >= 0.3 is 5.97 Å². The maximum Gasteiger partial charge on any atom is 0.339 e. The van der Waals surface area contributed by atoms with Gasteiger partial charge in [-0.1, -0.05) is 0 Å². The number of hydrogen-bond acceptors (Lipinski definition) is 4. The Labute approximate surface area is 99.0 Å². The SMILES string of the molecule is Cn1ncc(C(=O)O)c1CSCC(C)(C)N. The van der Waals surface area contributed by atoms with Crippen molar-refractivity contribution in [2.75, 3.05) is 5.75 Å². The highest BCUT2D eigenvalue weighted by Gasteiger charge is 2.16. The van der Waals surface area contributed by atoms with E-state index in [1.54, 1.807) is 23.5 Å². The molecule has 0 atom stereocenters. The van der Waals surface area contributed by atoms with E-state index in [1.807, 2.05) is 13.8 Å². The summed E-state index contributed by atoms with van der Waals surface area (Å²) in [7, 11) is 1.75. The van der Waals surface area contributed by atoms with Crippen LogP contribution in [-0.2, 0) is 12.8 Å². The van der Waals surface area contributed by atoms with Crippen molar-refractivity contribution in [2.45, 2.75) is 25.1 Å². The highest BCUT2D eigenvalue weighted by Crippen LogP contribution is 2.18. The lowest BCUT2D eigenvalue weighted by atomic mass is 10.1. The van der Waals surface area contributed by atoms with Crippen molar-refractivity contribution in [3.63, 3.8) is 0 Å². The fraction of sp³-hybridized carbons (Fsp3) is 0.600. The minimum Gasteiger partial charge on any atom is -0.478 e. The molecule has 90 valence electrons. The van der Waals surface area contributed by atoms with Crippen molar-refractivity contribution in [3.8, 4) is 0 Å². The van der Waals surface area contributed by atoms with Gasteiger partial charge in [-0.3, -0.25) is 4.68 Å². The summed E-state index contributed by atoms with van der Waals surface area (Å²) in [6.07, 6.45) is 1.38. The van der Waals surface area contributed by atoms with E-state index in [0.29, 0.717) is 5.75 Å². The Morgan fingerprint density at radius 2 is 2.31 bits per heavy atom. The third-order valence-corrected chi connectivity index (χ3v) is 3.43. The van der Waals surface area contributed by atoms with Crippen LogP contribution in [0.4, 0.5) is 0 Å². The van der Waals surface area contributed by atoms with Crippen molar-refractivity contribution < 1.29 is 9.90 Å². The van der Waals surface area contributed by atoms with Gasteiger partial charge in [0.05, 0.1) is 11.9 Å². The monoisotopic (exact) mass is 243 g/mol. The van der Waals surface area contributed by atoms with Crippen LogP contribution in [-0.4, -0.2) is 32.1 Å². The van der Waals surface area contributed by atoms with Crippen LogP contribution >= 0.6 is 11.8 Å². The maximum atomic E-state index is 10.9. The Morgan fingerprint density at radius 1 is 1.69 bits per heavy atom. The van der Waals surface area contributed by atoms with Gasteiger partial charge in [0.2, 0.25) is 0 Å². The van der Waals surface area contributed by atoms with Crippen molar-refractivity contribution in [2.24, 2.45) is 12.8 Å². The Bertz CT molecular complexity index is 382. The normalized spacial score (nSPS) is 11.8. The summed E-state index contributed by atoms with van der Waals surface area (Å²) >= 11 is 1.61. The highest BCUT2D eigenvalue weighted by molar-refractivity contribution is 7.98. The smallest absolute Gasteiger partial charge is 0.339 e. The molecule has 0 radical (unpaired) electrons. The van der Waals surface area contributed by atoms with Crippen LogP contribution in [0.15, 0.2) is 6.20 Å². The molecule has 5 nitrogen and oxygen atoms in total. The van der Waals surface area contributed by atoms with Crippen molar-refractivity contribution in [1.82, 2.24) is 9.78 Å². The van der Waals surface area contributed by atoms with Gasteiger partial charge in [-0.2, -0.15) is 16.9 Å². The van der Waals surface area contributed by atoms with E-state index in [0.717, 1.165) is 11.4 Å². The summed E-state index contributed by atoms with van der Waals surface area (Å²) in [5.41, 5.74) is 6.60. The van der Waals surface area contributed by atoms with Crippen LogP contribution in [0.1, 0.15) is 29.9 Å². The number of thioether (sulfide) groups is 1. The first kappa shape index (κ1) is 13.1. The number of aryl methyl sites for hydroxylation is 1. The Hall–Kier alpha value is -1.01. The van der Waals surface area contributed by atoms with E-state index in [2.05, 4.69) is 5.10 Å². The number of nitrogens with two attached hydrogens (primary N) is 1. The number of aromatic carboxylic acids is 1. The number of carbonyl (C=O) groups is 1. The Balaban J connectivity index is 2.66. The zero-order valence-electron chi connectivity index (χ0n) is 9.73. The second kappa shape index (κ2) is 4.88. The summed E-state index contributed by atoms with van der Waals surface area (Å²) in [6.45, 7) is 3.89. The fourth-order valence-corrected chi connectivity index (χ4v) is 2.39. The number of carboxylic acid groups (broad SMARTS) is 1. The lowest BCUT2D eigenvalue weighted by Gasteiger charge is -2.17. The second-order valence-electron chi connectivity index (χ2n) is 4.42. The quantitative estimate of drug-likeness (QED) is 0.809. The van der Waals surface area contributed by atoms with E-state index in [1.165, 1.54) is 6.20 Å². The molecule has 6 heteroatoms. The number of carboxylic acids is 1. The van der Waals surface area contributed by atoms with Gasteiger partial charge in [-0.25, -0.2) is 4.79 Å². The minimum absolute atomic E-state index is 0.243. The molecule has 1 rings (SSSR count). The van der Waals surface area contributed by atoms with Crippen LogP contribution in [0, 0.1) is 0 Å². The van der Waals surface area contributed by atoms with E-state index < -0.39 is 5.97 Å². The number of hydrogen-bond donors (Lipinski definition) is 2. The first-order valence-electron chi connectivity index (χ1n) is 4.92. The molecule has 0 saturated carbocycles. The maximum absolute atomic E-state index is 10.9. The molecule has 0 spiro atoms. The third kappa shape index (κ3) is 3.53. The molecule has 0 aliphatic carbocycles. The van der Waals surface area contributed by atoms with Crippen LogP contribution in [0.3, 0.4) is 0 Å². The number of aromatic nitrogens is 2. The Kier molecular flexibility index (Phi) is 3.98. The first-order valence-corrected chi connectivity index (χ1v) is 6.07. The molecule has 0 saturated heterocycles. The van der Waals surface area contributed by atoms with E-state index in [-0.39, 0.29) is 11.1 Å². The molecule has 0 aromatic carbocycles. The average Bonchev–Trinajstić information content (AvgIpc) is 2.46. The minimum atomic E-state index is -0.935. The summed E-state index contributed by atoms with van der Waals surface area (Å²) in [5.74, 6) is 0.450. The van der Waals surface area contributed by atoms with Crippen molar-refractivity contribution in [3.05, 3.63) is 17.5 Å². The van der Waals surface area contributed by atoms with Gasteiger partial charge in [-0.05, 0) is 13.8 Å². The molecule has 0 unspecified atom stereocenters. The average molecular weight is 243 g/mol. The van der Waals surface area contributed by atoms with Gasteiger partial charge in [0, 0.05) is 24.1 Å². The molecule has 0 aliphatic rings. The van der Waals surface area contributed by atoms with E-state index in [4.69, 9.17) is 10.8 Å². The van der Waals surface area contributed by atoms with Crippen molar-refractivity contribution >= 4 is 17.7 Å². The largest absolute Gasteiger partial charge is 0.478 e. The summed E-state index contributed by atoms with van der Waals surface area (Å²) in [4.78, 5) is 10.9. The lowest BCUT2D eigenvalue weighted by molar-refractivity contribution is 0.0696. The fourth-order valence-electron chi connectivity index (χ4n) is 1.22. The lowest BCUT2D eigenvalue weighted by Crippen LogP contribution is -2.34. The van der Waals surface area contributed by atoms with Crippen LogP contribution in [0.25, 0.3) is 0 Å². The molecule has 1 aromatic rings. The molecule has 1 heterocycles. The highest BCUT2D eigenvalue weighted by atomic mass is 32.2. The van der Waals surface area contributed by atoms with Crippen LogP contribution in [0.5, 0.6) is 0 Å². The molecule has 1 aromatic heterocycles. The molecule has 0 bridgehead atoms. The zero-order valence-corrected chi connectivity index (χ0v) is 10.5. The molecule has 3 N–H and O–H groups in total. The zero-order chi connectivity index (χ0) is 12.3. The Morgan fingerprint density at radius 3 is 2.81 bits per heavy atom. The first-order chi connectivity index (χ1) is 7.31. The van der Waals surface area contributed by atoms with Gasteiger partial charge in [0.1, 0.15) is 5.56 Å². The van der Waals surface area contributed by atoms with Crippen LogP contribution in [0.2, 0.25) is 0 Å². The predicted octanol–water partition coefficient (Wildman–Crippen LogP) is 1.09. The number of rotatable bonds is 5. The molecule has 16 heavy (non-hydrogen) atoms. The molecule has 0 fully saturated rings.